The zero-order valence-corrected chi connectivity index (χ0v) is 12.7. The van der Waals surface area contributed by atoms with Gasteiger partial charge >= 0.3 is 0 Å². The predicted molar refractivity (Wildman–Crippen MR) is 79.2 cm³/mol. The first-order valence-corrected chi connectivity index (χ1v) is 7.03. The maximum atomic E-state index is 5.94. The Labute approximate surface area is 121 Å². The first-order chi connectivity index (χ1) is 9.08. The Morgan fingerprint density at radius 1 is 1.47 bits per heavy atom. The molecule has 0 aliphatic rings. The van der Waals surface area contributed by atoms with Gasteiger partial charge in [-0.1, -0.05) is 22.0 Å². The molecular weight excluding hydrogens is 306 g/mol. The number of hydrogen-bond donors (Lipinski definition) is 1. The van der Waals surface area contributed by atoms with E-state index >= 15 is 0 Å². The van der Waals surface area contributed by atoms with Crippen LogP contribution in [0.1, 0.15) is 24.4 Å². The van der Waals surface area contributed by atoms with E-state index in [-0.39, 0.29) is 6.04 Å². The summed E-state index contributed by atoms with van der Waals surface area (Å²) in [5, 5.41) is 0. The molecule has 0 aliphatic carbocycles. The summed E-state index contributed by atoms with van der Waals surface area (Å²) in [7, 11) is 0. The molecule has 2 N–H and O–H groups in total. The Hall–Kier alpha value is -1.33. The quantitative estimate of drug-likeness (QED) is 0.920. The van der Waals surface area contributed by atoms with Gasteiger partial charge in [0, 0.05) is 28.5 Å². The van der Waals surface area contributed by atoms with Crippen molar-refractivity contribution in [3.8, 4) is 5.75 Å². The van der Waals surface area contributed by atoms with Gasteiger partial charge in [-0.05, 0) is 26.0 Å². The summed E-state index contributed by atoms with van der Waals surface area (Å²) in [6.07, 6.45) is 3.74. The fraction of sp³-hybridized carbons (Fsp3) is 0.357. The largest absolute Gasteiger partial charge is 0.491 e. The zero-order chi connectivity index (χ0) is 13.8. The number of rotatable bonds is 5. The Bertz CT molecular complexity index is 551. The van der Waals surface area contributed by atoms with Crippen molar-refractivity contribution in [2.75, 3.05) is 6.61 Å². The van der Waals surface area contributed by atoms with Crippen molar-refractivity contribution in [2.45, 2.75) is 26.4 Å². The molecule has 0 saturated carbocycles. The smallest absolute Gasteiger partial charge is 0.125 e. The van der Waals surface area contributed by atoms with Gasteiger partial charge in [-0.15, -0.1) is 0 Å². The van der Waals surface area contributed by atoms with Crippen molar-refractivity contribution in [3.05, 3.63) is 46.5 Å². The third kappa shape index (κ3) is 3.58. The topological polar surface area (TPSA) is 53.1 Å². The van der Waals surface area contributed by atoms with E-state index in [4.69, 9.17) is 10.5 Å². The van der Waals surface area contributed by atoms with Crippen molar-refractivity contribution in [1.82, 2.24) is 9.55 Å². The van der Waals surface area contributed by atoms with Crippen LogP contribution in [0.3, 0.4) is 0 Å². The van der Waals surface area contributed by atoms with Gasteiger partial charge in [-0.2, -0.15) is 0 Å². The van der Waals surface area contributed by atoms with Crippen LogP contribution in [0, 0.1) is 6.92 Å². The minimum Gasteiger partial charge on any atom is -0.491 e. The summed E-state index contributed by atoms with van der Waals surface area (Å²) in [4.78, 5) is 4.18. The molecule has 19 heavy (non-hydrogen) atoms. The van der Waals surface area contributed by atoms with E-state index < -0.39 is 0 Å². The fourth-order valence-electron chi connectivity index (χ4n) is 1.90. The van der Waals surface area contributed by atoms with Crippen molar-refractivity contribution >= 4 is 15.9 Å². The van der Waals surface area contributed by atoms with Crippen LogP contribution in [0.5, 0.6) is 5.75 Å². The molecule has 2 rings (SSSR count). The summed E-state index contributed by atoms with van der Waals surface area (Å²) >= 11 is 3.45. The maximum Gasteiger partial charge on any atom is 0.125 e. The van der Waals surface area contributed by atoms with E-state index in [9.17, 15) is 0 Å². The molecule has 4 nitrogen and oxygen atoms in total. The first-order valence-electron chi connectivity index (χ1n) is 6.23. The second kappa shape index (κ2) is 6.21. The molecule has 0 amide bonds. The van der Waals surface area contributed by atoms with Crippen LogP contribution in [0.25, 0.3) is 0 Å². The third-order valence-corrected chi connectivity index (χ3v) is 3.47. The first kappa shape index (κ1) is 14.1. The highest BCUT2D eigenvalue weighted by molar-refractivity contribution is 9.10. The molecule has 0 aliphatic heterocycles. The molecule has 1 heterocycles. The number of halogens is 1. The number of nitrogens with zero attached hydrogens (tertiary/aromatic N) is 2. The van der Waals surface area contributed by atoms with Gasteiger partial charge in [-0.25, -0.2) is 4.98 Å². The van der Waals surface area contributed by atoms with Gasteiger partial charge in [0.2, 0.25) is 0 Å². The maximum absolute atomic E-state index is 5.94. The van der Waals surface area contributed by atoms with E-state index in [1.54, 1.807) is 6.20 Å². The number of hydrogen-bond acceptors (Lipinski definition) is 3. The molecule has 1 aromatic carbocycles. The van der Waals surface area contributed by atoms with Crippen LogP contribution in [0.4, 0.5) is 0 Å². The monoisotopic (exact) mass is 323 g/mol. The van der Waals surface area contributed by atoms with E-state index in [1.807, 2.05) is 38.2 Å². The van der Waals surface area contributed by atoms with Gasteiger partial charge in [0.15, 0.2) is 0 Å². The third-order valence-electron chi connectivity index (χ3n) is 2.98. The number of aryl methyl sites for hydroxylation is 1. The molecular formula is C14H18BrN3O. The Kier molecular flexibility index (Phi) is 4.61. The lowest BCUT2D eigenvalue weighted by Gasteiger charge is -2.15. The fourth-order valence-corrected chi connectivity index (χ4v) is 2.24. The standard InChI is InChI=1S/C14H18BrN3O/c1-10(16)13-4-3-12(15)9-14(13)19-8-7-18-6-5-17-11(18)2/h3-6,9-10H,7-8,16H2,1-2H3/t10-/m0/s1. The molecule has 0 saturated heterocycles. The van der Waals surface area contributed by atoms with Crippen LogP contribution in [0.2, 0.25) is 0 Å². The van der Waals surface area contributed by atoms with Crippen molar-refractivity contribution < 1.29 is 4.74 Å². The molecule has 0 spiro atoms. The lowest BCUT2D eigenvalue weighted by Crippen LogP contribution is -2.12. The molecule has 1 atom stereocenters. The van der Waals surface area contributed by atoms with Gasteiger partial charge < -0.3 is 15.0 Å². The number of aromatic nitrogens is 2. The summed E-state index contributed by atoms with van der Waals surface area (Å²) in [5.41, 5.74) is 6.96. The van der Waals surface area contributed by atoms with Gasteiger partial charge in [-0.3, -0.25) is 0 Å². The van der Waals surface area contributed by atoms with Gasteiger partial charge in [0.25, 0.3) is 0 Å². The SMILES string of the molecule is Cc1nccn1CCOc1cc(Br)ccc1[C@H](C)N. The molecule has 0 fully saturated rings. The summed E-state index contributed by atoms with van der Waals surface area (Å²) in [6, 6.07) is 5.88. The summed E-state index contributed by atoms with van der Waals surface area (Å²) < 4.78 is 8.90. The van der Waals surface area contributed by atoms with Crippen LogP contribution in [-0.2, 0) is 6.54 Å². The van der Waals surface area contributed by atoms with Crippen LogP contribution in [-0.4, -0.2) is 16.2 Å². The summed E-state index contributed by atoms with van der Waals surface area (Å²) in [5.74, 6) is 1.83. The predicted octanol–water partition coefficient (Wildman–Crippen LogP) is 3.05. The second-order valence-corrected chi connectivity index (χ2v) is 5.40. The highest BCUT2D eigenvalue weighted by atomic mass is 79.9. The Balaban J connectivity index is 2.03. The number of imidazole rings is 1. The number of ether oxygens (including phenoxy) is 1. The molecule has 2 aromatic rings. The average molecular weight is 324 g/mol. The lowest BCUT2D eigenvalue weighted by molar-refractivity contribution is 0.293. The highest BCUT2D eigenvalue weighted by Crippen LogP contribution is 2.27. The summed E-state index contributed by atoms with van der Waals surface area (Å²) in [6.45, 7) is 5.30. The molecule has 102 valence electrons. The highest BCUT2D eigenvalue weighted by Gasteiger charge is 2.09. The molecule has 0 radical (unpaired) electrons. The van der Waals surface area contributed by atoms with Gasteiger partial charge in [0.05, 0.1) is 6.54 Å². The minimum atomic E-state index is -0.0434. The van der Waals surface area contributed by atoms with Crippen molar-refractivity contribution in [2.24, 2.45) is 5.73 Å². The van der Waals surface area contributed by atoms with Gasteiger partial charge in [0.1, 0.15) is 18.2 Å². The van der Waals surface area contributed by atoms with E-state index in [0.29, 0.717) is 6.61 Å². The van der Waals surface area contributed by atoms with Crippen molar-refractivity contribution in [1.29, 1.82) is 0 Å². The zero-order valence-electron chi connectivity index (χ0n) is 11.1. The van der Waals surface area contributed by atoms with Crippen molar-refractivity contribution in [3.63, 3.8) is 0 Å². The number of benzene rings is 1. The Morgan fingerprint density at radius 2 is 2.26 bits per heavy atom. The lowest BCUT2D eigenvalue weighted by atomic mass is 10.1. The molecule has 0 bridgehead atoms. The van der Waals surface area contributed by atoms with Crippen LogP contribution < -0.4 is 10.5 Å². The Morgan fingerprint density at radius 3 is 2.89 bits per heavy atom. The molecule has 0 unspecified atom stereocenters. The second-order valence-electron chi connectivity index (χ2n) is 4.49. The van der Waals surface area contributed by atoms with Crippen LogP contribution in [0.15, 0.2) is 35.1 Å². The minimum absolute atomic E-state index is 0.0434. The number of nitrogens with two attached hydrogens (primary N) is 1. The molecule has 1 aromatic heterocycles. The van der Waals surface area contributed by atoms with E-state index in [1.165, 1.54) is 0 Å². The van der Waals surface area contributed by atoms with Crippen LogP contribution >= 0.6 is 15.9 Å². The normalized spacial score (nSPS) is 12.4. The average Bonchev–Trinajstić information content (AvgIpc) is 2.75. The molecule has 5 heteroatoms. The van der Waals surface area contributed by atoms with E-state index in [0.717, 1.165) is 28.2 Å². The van der Waals surface area contributed by atoms with E-state index in [2.05, 4.69) is 25.5 Å².